The average Bonchev–Trinajstić information content (AvgIpc) is 2.50. The van der Waals surface area contributed by atoms with Gasteiger partial charge in [0.2, 0.25) is 0 Å². The molecule has 1 aliphatic rings. The van der Waals surface area contributed by atoms with E-state index >= 15 is 0 Å². The van der Waals surface area contributed by atoms with Crippen molar-refractivity contribution in [3.63, 3.8) is 0 Å². The lowest BCUT2D eigenvalue weighted by atomic mass is 9.67. The highest BCUT2D eigenvalue weighted by Gasteiger charge is 2.36. The molecular formula is C18H27F2N3O. The number of halogens is 2. The molecule has 134 valence electrons. The van der Waals surface area contributed by atoms with E-state index in [1.165, 1.54) is 31.4 Å². The fourth-order valence-electron chi connectivity index (χ4n) is 3.08. The molecule has 1 saturated carbocycles. The number of benzene rings is 1. The van der Waals surface area contributed by atoms with E-state index in [4.69, 9.17) is 4.74 Å². The third-order valence-electron chi connectivity index (χ3n) is 4.73. The van der Waals surface area contributed by atoms with Crippen molar-refractivity contribution in [3.8, 4) is 0 Å². The molecule has 0 aliphatic heterocycles. The van der Waals surface area contributed by atoms with Gasteiger partial charge in [0.15, 0.2) is 5.96 Å². The number of nitrogens with one attached hydrogen (secondary N) is 2. The Hall–Kier alpha value is -1.69. The zero-order valence-corrected chi connectivity index (χ0v) is 14.5. The summed E-state index contributed by atoms with van der Waals surface area (Å²) in [5.74, 6) is -0.370. The number of hydrogen-bond acceptors (Lipinski definition) is 2. The first-order chi connectivity index (χ1) is 11.6. The summed E-state index contributed by atoms with van der Waals surface area (Å²) in [4.78, 5) is 4.21. The van der Waals surface area contributed by atoms with Gasteiger partial charge < -0.3 is 15.4 Å². The van der Waals surface area contributed by atoms with Crippen LogP contribution in [0.4, 0.5) is 8.78 Å². The molecule has 1 aromatic rings. The Bertz CT molecular complexity index is 539. The van der Waals surface area contributed by atoms with Crippen LogP contribution in [-0.2, 0) is 11.2 Å². The molecule has 2 N–H and O–H groups in total. The fraction of sp³-hybridized carbons (Fsp3) is 0.611. The van der Waals surface area contributed by atoms with Crippen LogP contribution in [0.25, 0.3) is 0 Å². The highest BCUT2D eigenvalue weighted by Crippen LogP contribution is 2.43. The molecule has 2 rings (SSSR count). The Kier molecular flexibility index (Phi) is 6.97. The summed E-state index contributed by atoms with van der Waals surface area (Å²) in [6.45, 7) is 2.21. The number of aliphatic imine (C=N–C) groups is 1. The molecule has 0 spiro atoms. The summed E-state index contributed by atoms with van der Waals surface area (Å²) in [6.07, 6.45) is 5.27. The fourth-order valence-corrected chi connectivity index (χ4v) is 3.08. The van der Waals surface area contributed by atoms with Crippen LogP contribution in [0, 0.1) is 17.0 Å². The van der Waals surface area contributed by atoms with E-state index in [9.17, 15) is 8.78 Å². The molecule has 1 aromatic carbocycles. The highest BCUT2D eigenvalue weighted by atomic mass is 19.1. The lowest BCUT2D eigenvalue weighted by molar-refractivity contribution is 0.0732. The Labute approximate surface area is 142 Å². The maximum Gasteiger partial charge on any atom is 0.191 e. The predicted octanol–water partition coefficient (Wildman–Crippen LogP) is 2.88. The molecule has 4 nitrogen and oxygen atoms in total. The van der Waals surface area contributed by atoms with E-state index < -0.39 is 11.6 Å². The monoisotopic (exact) mass is 339 g/mol. The van der Waals surface area contributed by atoms with Crippen molar-refractivity contribution in [3.05, 3.63) is 35.4 Å². The molecule has 0 saturated heterocycles. The van der Waals surface area contributed by atoms with E-state index in [0.29, 0.717) is 23.9 Å². The quantitative estimate of drug-likeness (QED) is 0.565. The first-order valence-corrected chi connectivity index (χ1v) is 8.45. The Morgan fingerprint density at radius 3 is 2.46 bits per heavy atom. The summed E-state index contributed by atoms with van der Waals surface area (Å²) >= 11 is 0. The second kappa shape index (κ2) is 8.97. The molecule has 24 heavy (non-hydrogen) atoms. The van der Waals surface area contributed by atoms with Gasteiger partial charge in [-0.2, -0.15) is 0 Å². The molecule has 1 fully saturated rings. The third kappa shape index (κ3) is 5.44. The molecule has 1 aliphatic carbocycles. The summed E-state index contributed by atoms with van der Waals surface area (Å²) in [7, 11) is 3.45. The second-order valence-corrected chi connectivity index (χ2v) is 6.48. The minimum absolute atomic E-state index is 0.305. The standard InChI is InChI=1S/C18H27F2N3O/c1-21-17(23-13-18(5-3-6-18)7-9-24-2)22-8-4-14-10-15(19)12-16(20)11-14/h10-12H,3-9,13H2,1-2H3,(H2,21,22,23). The summed E-state index contributed by atoms with van der Waals surface area (Å²) in [6, 6.07) is 3.60. The van der Waals surface area contributed by atoms with Crippen molar-refractivity contribution in [2.75, 3.05) is 33.9 Å². The minimum atomic E-state index is -0.544. The zero-order valence-electron chi connectivity index (χ0n) is 14.5. The Morgan fingerprint density at radius 1 is 1.21 bits per heavy atom. The summed E-state index contributed by atoms with van der Waals surface area (Å²) in [5, 5.41) is 6.56. The van der Waals surface area contributed by atoms with Gasteiger partial charge in [0.25, 0.3) is 0 Å². The second-order valence-electron chi connectivity index (χ2n) is 6.48. The number of nitrogens with zero attached hydrogens (tertiary/aromatic N) is 1. The van der Waals surface area contributed by atoms with Gasteiger partial charge in [-0.25, -0.2) is 8.78 Å². The van der Waals surface area contributed by atoms with Crippen molar-refractivity contribution >= 4 is 5.96 Å². The van der Waals surface area contributed by atoms with Crippen molar-refractivity contribution < 1.29 is 13.5 Å². The van der Waals surface area contributed by atoms with Crippen molar-refractivity contribution in [2.24, 2.45) is 10.4 Å². The lowest BCUT2D eigenvalue weighted by Crippen LogP contribution is -2.47. The largest absolute Gasteiger partial charge is 0.385 e. The van der Waals surface area contributed by atoms with Gasteiger partial charge in [0.05, 0.1) is 0 Å². The van der Waals surface area contributed by atoms with Gasteiger partial charge in [-0.15, -0.1) is 0 Å². The van der Waals surface area contributed by atoms with Crippen molar-refractivity contribution in [2.45, 2.75) is 32.1 Å². The Balaban J connectivity index is 1.76. The van der Waals surface area contributed by atoms with Crippen LogP contribution in [0.15, 0.2) is 23.2 Å². The third-order valence-corrected chi connectivity index (χ3v) is 4.73. The molecule has 6 heteroatoms. The van der Waals surface area contributed by atoms with Crippen LogP contribution in [0.2, 0.25) is 0 Å². The SMILES string of the molecule is CN=C(NCCc1cc(F)cc(F)c1)NCC1(CCOC)CCC1. The molecule has 0 amide bonds. The van der Waals surface area contributed by atoms with Gasteiger partial charge in [0, 0.05) is 39.9 Å². The zero-order chi connectivity index (χ0) is 17.4. The van der Waals surface area contributed by atoms with Gasteiger partial charge in [0.1, 0.15) is 11.6 Å². The molecular weight excluding hydrogens is 312 g/mol. The lowest BCUT2D eigenvalue weighted by Gasteiger charge is -2.42. The molecule has 0 atom stereocenters. The normalized spacial score (nSPS) is 16.6. The molecule has 0 unspecified atom stereocenters. The van der Waals surface area contributed by atoms with Crippen LogP contribution in [0.3, 0.4) is 0 Å². The topological polar surface area (TPSA) is 45.7 Å². The van der Waals surface area contributed by atoms with Gasteiger partial charge in [-0.05, 0) is 48.8 Å². The van der Waals surface area contributed by atoms with Gasteiger partial charge >= 0.3 is 0 Å². The number of hydrogen-bond donors (Lipinski definition) is 2. The molecule has 0 heterocycles. The van der Waals surface area contributed by atoms with Crippen LogP contribution < -0.4 is 10.6 Å². The maximum absolute atomic E-state index is 13.2. The summed E-state index contributed by atoms with van der Waals surface area (Å²) in [5.41, 5.74) is 0.935. The maximum atomic E-state index is 13.2. The van der Waals surface area contributed by atoms with Gasteiger partial charge in [-0.3, -0.25) is 4.99 Å². The van der Waals surface area contributed by atoms with Crippen molar-refractivity contribution in [1.82, 2.24) is 10.6 Å². The molecule has 0 bridgehead atoms. The molecule has 0 aromatic heterocycles. The predicted molar refractivity (Wildman–Crippen MR) is 92.2 cm³/mol. The van der Waals surface area contributed by atoms with E-state index in [2.05, 4.69) is 15.6 Å². The van der Waals surface area contributed by atoms with Gasteiger partial charge in [-0.1, -0.05) is 6.42 Å². The highest BCUT2D eigenvalue weighted by molar-refractivity contribution is 5.79. The van der Waals surface area contributed by atoms with E-state index in [1.54, 1.807) is 14.2 Å². The number of methoxy groups -OCH3 is 1. The van der Waals surface area contributed by atoms with E-state index in [-0.39, 0.29) is 0 Å². The Morgan fingerprint density at radius 2 is 1.92 bits per heavy atom. The first-order valence-electron chi connectivity index (χ1n) is 8.45. The van der Waals surface area contributed by atoms with E-state index in [0.717, 1.165) is 31.6 Å². The van der Waals surface area contributed by atoms with Crippen LogP contribution in [-0.4, -0.2) is 39.8 Å². The van der Waals surface area contributed by atoms with Crippen LogP contribution >= 0.6 is 0 Å². The smallest absolute Gasteiger partial charge is 0.191 e. The first kappa shape index (κ1) is 18.6. The van der Waals surface area contributed by atoms with Crippen LogP contribution in [0.5, 0.6) is 0 Å². The summed E-state index contributed by atoms with van der Waals surface area (Å²) < 4.78 is 31.5. The average molecular weight is 339 g/mol. The van der Waals surface area contributed by atoms with Crippen molar-refractivity contribution in [1.29, 1.82) is 0 Å². The molecule has 0 radical (unpaired) electrons. The van der Waals surface area contributed by atoms with E-state index in [1.807, 2.05) is 0 Å². The number of rotatable bonds is 8. The number of guanidine groups is 1. The van der Waals surface area contributed by atoms with Crippen LogP contribution in [0.1, 0.15) is 31.2 Å². The minimum Gasteiger partial charge on any atom is -0.385 e. The number of ether oxygens (including phenoxy) is 1.